The van der Waals surface area contributed by atoms with Gasteiger partial charge >= 0.3 is 5.97 Å². The minimum Gasteiger partial charge on any atom is -0.481 e. The summed E-state index contributed by atoms with van der Waals surface area (Å²) in [6.07, 6.45) is 2.82. The van der Waals surface area contributed by atoms with E-state index in [-0.39, 0.29) is 17.0 Å². The second-order valence-electron chi connectivity index (χ2n) is 5.54. The molecule has 0 aromatic heterocycles. The Kier molecular flexibility index (Phi) is 4.77. The first-order chi connectivity index (χ1) is 9.99. The summed E-state index contributed by atoms with van der Waals surface area (Å²) in [7, 11) is 0. The van der Waals surface area contributed by atoms with Gasteiger partial charge in [-0.3, -0.25) is 14.9 Å². The van der Waals surface area contributed by atoms with Crippen LogP contribution in [0, 0.1) is 23.0 Å². The molecular weight excluding hydrogens is 272 g/mol. The van der Waals surface area contributed by atoms with Gasteiger partial charge in [-0.1, -0.05) is 6.07 Å². The van der Waals surface area contributed by atoms with E-state index in [1.54, 1.807) is 13.0 Å². The van der Waals surface area contributed by atoms with Crippen LogP contribution in [0.15, 0.2) is 18.2 Å². The van der Waals surface area contributed by atoms with Gasteiger partial charge in [0, 0.05) is 31.3 Å². The number of hydrogen-bond donors (Lipinski definition) is 1. The average molecular weight is 292 g/mol. The molecule has 1 aromatic rings. The lowest BCUT2D eigenvalue weighted by Crippen LogP contribution is -2.34. The number of nitro groups is 1. The first kappa shape index (κ1) is 15.3. The van der Waals surface area contributed by atoms with E-state index < -0.39 is 5.97 Å². The van der Waals surface area contributed by atoms with Gasteiger partial charge in [0.2, 0.25) is 0 Å². The second kappa shape index (κ2) is 6.56. The summed E-state index contributed by atoms with van der Waals surface area (Å²) in [6.45, 7) is 3.43. The monoisotopic (exact) mass is 292 g/mol. The van der Waals surface area contributed by atoms with Crippen LogP contribution in [0.4, 0.5) is 11.4 Å². The maximum atomic E-state index is 11.0. The fraction of sp³-hybridized carbons (Fsp3) is 0.533. The van der Waals surface area contributed by atoms with Crippen LogP contribution in [-0.4, -0.2) is 29.1 Å². The molecule has 0 atom stereocenters. The summed E-state index contributed by atoms with van der Waals surface area (Å²) in [5.41, 5.74) is 1.77. The van der Waals surface area contributed by atoms with Crippen molar-refractivity contribution in [2.75, 3.05) is 18.0 Å². The molecule has 6 heteroatoms. The average Bonchev–Trinajstić information content (AvgIpc) is 2.45. The van der Waals surface area contributed by atoms with Gasteiger partial charge < -0.3 is 10.0 Å². The van der Waals surface area contributed by atoms with Gasteiger partial charge in [0.25, 0.3) is 5.69 Å². The number of carboxylic acids is 1. The number of aliphatic carboxylic acids is 1. The van der Waals surface area contributed by atoms with Crippen LogP contribution in [0.3, 0.4) is 0 Å². The summed E-state index contributed by atoms with van der Waals surface area (Å²) in [5.74, 6) is -0.302. The predicted molar refractivity (Wildman–Crippen MR) is 79.6 cm³/mol. The summed E-state index contributed by atoms with van der Waals surface area (Å²) >= 11 is 0. The van der Waals surface area contributed by atoms with E-state index in [0.717, 1.165) is 38.0 Å². The minimum atomic E-state index is -0.744. The highest BCUT2D eigenvalue weighted by atomic mass is 16.6. The molecule has 6 nitrogen and oxygen atoms in total. The molecule has 1 fully saturated rings. The van der Waals surface area contributed by atoms with E-state index in [2.05, 4.69) is 4.90 Å². The van der Waals surface area contributed by atoms with Crippen molar-refractivity contribution in [3.63, 3.8) is 0 Å². The molecule has 0 spiro atoms. The number of hydrogen-bond acceptors (Lipinski definition) is 4. The third-order valence-corrected chi connectivity index (χ3v) is 4.19. The molecule has 1 saturated heterocycles. The molecule has 1 aliphatic rings. The van der Waals surface area contributed by atoms with E-state index >= 15 is 0 Å². The first-order valence-electron chi connectivity index (χ1n) is 7.19. The van der Waals surface area contributed by atoms with E-state index in [1.165, 1.54) is 6.07 Å². The fourth-order valence-electron chi connectivity index (χ4n) is 2.94. The van der Waals surface area contributed by atoms with Crippen LogP contribution >= 0.6 is 0 Å². The molecule has 1 N–H and O–H groups in total. The SMILES string of the molecule is Cc1c(N2CCC(CCC(=O)O)CC2)cccc1[N+](=O)[O-]. The molecule has 1 aromatic carbocycles. The third-order valence-electron chi connectivity index (χ3n) is 4.19. The molecule has 1 heterocycles. The van der Waals surface area contributed by atoms with Crippen LogP contribution in [0.1, 0.15) is 31.2 Å². The van der Waals surface area contributed by atoms with Crippen LogP contribution in [0.25, 0.3) is 0 Å². The number of nitrogens with zero attached hydrogens (tertiary/aromatic N) is 2. The Hall–Kier alpha value is -2.11. The number of nitro benzene ring substituents is 1. The molecule has 0 radical (unpaired) electrons. The van der Waals surface area contributed by atoms with E-state index in [9.17, 15) is 14.9 Å². The molecule has 0 unspecified atom stereocenters. The van der Waals surface area contributed by atoms with Crippen molar-refractivity contribution < 1.29 is 14.8 Å². The highest BCUT2D eigenvalue weighted by molar-refractivity contribution is 5.66. The smallest absolute Gasteiger partial charge is 0.303 e. The normalized spacial score (nSPS) is 16.0. The summed E-state index contributed by atoms with van der Waals surface area (Å²) < 4.78 is 0. The standard InChI is InChI=1S/C15H20N2O4/c1-11-13(3-2-4-14(11)17(20)21)16-9-7-12(8-10-16)5-6-15(18)19/h2-4,12H,5-10H2,1H3,(H,18,19). The molecule has 0 aliphatic carbocycles. The van der Waals surface area contributed by atoms with Crippen LogP contribution < -0.4 is 4.90 Å². The highest BCUT2D eigenvalue weighted by Gasteiger charge is 2.23. The predicted octanol–water partition coefficient (Wildman–Crippen LogP) is 2.98. The van der Waals surface area contributed by atoms with Gasteiger partial charge in [0.1, 0.15) is 0 Å². The third kappa shape index (κ3) is 3.71. The van der Waals surface area contributed by atoms with Crippen molar-refractivity contribution in [2.45, 2.75) is 32.6 Å². The summed E-state index contributed by atoms with van der Waals surface area (Å²) in [5, 5.41) is 19.7. The largest absolute Gasteiger partial charge is 0.481 e. The molecule has 0 bridgehead atoms. The molecule has 0 amide bonds. The number of carbonyl (C=O) groups is 1. The van der Waals surface area contributed by atoms with Crippen LogP contribution in [0.2, 0.25) is 0 Å². The molecule has 1 aliphatic heterocycles. The summed E-state index contributed by atoms with van der Waals surface area (Å²) in [6, 6.07) is 5.16. The Labute approximate surface area is 123 Å². The van der Waals surface area contributed by atoms with Crippen molar-refractivity contribution in [1.29, 1.82) is 0 Å². The second-order valence-corrected chi connectivity index (χ2v) is 5.54. The van der Waals surface area contributed by atoms with Crippen molar-refractivity contribution >= 4 is 17.3 Å². The quantitative estimate of drug-likeness (QED) is 0.666. The Morgan fingerprint density at radius 1 is 1.43 bits per heavy atom. The van der Waals surface area contributed by atoms with Crippen LogP contribution in [-0.2, 0) is 4.79 Å². The van der Waals surface area contributed by atoms with E-state index in [1.807, 2.05) is 6.07 Å². The number of piperidine rings is 1. The lowest BCUT2D eigenvalue weighted by molar-refractivity contribution is -0.385. The highest BCUT2D eigenvalue weighted by Crippen LogP contribution is 2.32. The van der Waals surface area contributed by atoms with Gasteiger partial charge in [0.15, 0.2) is 0 Å². The van der Waals surface area contributed by atoms with Gasteiger partial charge in [-0.15, -0.1) is 0 Å². The topological polar surface area (TPSA) is 83.7 Å². The zero-order chi connectivity index (χ0) is 15.4. The zero-order valence-electron chi connectivity index (χ0n) is 12.1. The van der Waals surface area contributed by atoms with E-state index in [0.29, 0.717) is 11.5 Å². The minimum absolute atomic E-state index is 0.153. The van der Waals surface area contributed by atoms with Crippen molar-refractivity contribution in [2.24, 2.45) is 5.92 Å². The number of rotatable bonds is 5. The number of carboxylic acid groups (broad SMARTS) is 1. The number of benzene rings is 1. The molecule has 114 valence electrons. The molecule has 2 rings (SSSR count). The molecule has 21 heavy (non-hydrogen) atoms. The van der Waals surface area contributed by atoms with Gasteiger partial charge in [-0.05, 0) is 38.2 Å². The van der Waals surface area contributed by atoms with Crippen LogP contribution in [0.5, 0.6) is 0 Å². The lowest BCUT2D eigenvalue weighted by Gasteiger charge is -2.34. The fourth-order valence-corrected chi connectivity index (χ4v) is 2.94. The maximum absolute atomic E-state index is 11.0. The van der Waals surface area contributed by atoms with Gasteiger partial charge in [-0.2, -0.15) is 0 Å². The number of anilines is 1. The van der Waals surface area contributed by atoms with Crippen molar-refractivity contribution in [3.05, 3.63) is 33.9 Å². The molecule has 0 saturated carbocycles. The van der Waals surface area contributed by atoms with Gasteiger partial charge in [0.05, 0.1) is 10.5 Å². The Morgan fingerprint density at radius 2 is 2.10 bits per heavy atom. The van der Waals surface area contributed by atoms with Crippen molar-refractivity contribution in [1.82, 2.24) is 0 Å². The summed E-state index contributed by atoms with van der Waals surface area (Å²) in [4.78, 5) is 23.4. The molecular formula is C15H20N2O4. The lowest BCUT2D eigenvalue weighted by atomic mass is 9.91. The van der Waals surface area contributed by atoms with E-state index in [4.69, 9.17) is 5.11 Å². The Bertz CT molecular complexity index is 536. The first-order valence-corrected chi connectivity index (χ1v) is 7.19. The van der Waals surface area contributed by atoms with Crippen molar-refractivity contribution in [3.8, 4) is 0 Å². The Morgan fingerprint density at radius 3 is 2.67 bits per heavy atom. The zero-order valence-corrected chi connectivity index (χ0v) is 12.1. The maximum Gasteiger partial charge on any atom is 0.303 e. The Balaban J connectivity index is 2.01. The van der Waals surface area contributed by atoms with Gasteiger partial charge in [-0.25, -0.2) is 0 Å².